The number of thiophene rings is 1. The van der Waals surface area contributed by atoms with Gasteiger partial charge in [0.1, 0.15) is 5.82 Å². The minimum Gasteiger partial charge on any atom is -0.384 e. The van der Waals surface area contributed by atoms with Crippen molar-refractivity contribution >= 4 is 50.8 Å². The molecule has 0 aliphatic heterocycles. The van der Waals surface area contributed by atoms with Gasteiger partial charge in [-0.25, -0.2) is 4.98 Å². The molecule has 1 aromatic carbocycles. The van der Waals surface area contributed by atoms with Crippen LogP contribution in [0, 0.1) is 0 Å². The van der Waals surface area contributed by atoms with Crippen molar-refractivity contribution < 1.29 is 9.47 Å². The molecule has 1 aliphatic rings. The third-order valence-electron chi connectivity index (χ3n) is 4.63. The number of hydrogen-bond acceptors (Lipinski definition) is 7. The minimum absolute atomic E-state index is 0.490. The third kappa shape index (κ3) is 7.65. The van der Waals surface area contributed by atoms with Crippen LogP contribution in [-0.4, -0.2) is 29.4 Å². The van der Waals surface area contributed by atoms with E-state index in [1.54, 1.807) is 23.5 Å². The number of halogens is 2. The molecule has 0 atom stereocenters. The summed E-state index contributed by atoms with van der Waals surface area (Å²) in [6, 6.07) is 18.0. The van der Waals surface area contributed by atoms with E-state index in [-0.39, 0.29) is 0 Å². The van der Waals surface area contributed by atoms with Gasteiger partial charge < -0.3 is 5.73 Å². The van der Waals surface area contributed by atoms with E-state index in [4.69, 9.17) is 17.3 Å². The molecule has 0 amide bonds. The molecule has 0 bridgehead atoms. The maximum atomic E-state index is 9.79. The van der Waals surface area contributed by atoms with E-state index >= 15 is 0 Å². The standard InChI is InChI=1S/C19H14ClN3S.C4H9NS.CH3FO/c20-15-7-8-18(21)23-17(15)11-13-10-12-4-3-5-14(19(12)24-13)16-6-1-2-9-22-16;1-5-6-4-2-3-4;1-3-2/h1-10H,11H2,(H2,21,23);4-5H,2-3H2,1H3;1H3. The quantitative estimate of drug-likeness (QED) is 0.294. The summed E-state index contributed by atoms with van der Waals surface area (Å²) in [5.41, 5.74) is 8.72. The second kappa shape index (κ2) is 12.9. The van der Waals surface area contributed by atoms with Crippen LogP contribution in [0.3, 0.4) is 0 Å². The van der Waals surface area contributed by atoms with Gasteiger partial charge in [0.05, 0.1) is 23.5 Å². The van der Waals surface area contributed by atoms with Gasteiger partial charge in [0.15, 0.2) is 0 Å². The maximum absolute atomic E-state index is 9.79. The largest absolute Gasteiger partial charge is 0.384 e. The molecule has 3 aromatic heterocycles. The number of hydrogen-bond donors (Lipinski definition) is 2. The molecule has 9 heteroatoms. The van der Waals surface area contributed by atoms with Crippen LogP contribution in [0.1, 0.15) is 23.4 Å². The Hall–Kier alpha value is -2.23. The van der Waals surface area contributed by atoms with E-state index in [2.05, 4.69) is 43.9 Å². The fourth-order valence-electron chi connectivity index (χ4n) is 3.07. The molecule has 174 valence electrons. The first-order valence-electron chi connectivity index (χ1n) is 10.4. The minimum atomic E-state index is 0.490. The van der Waals surface area contributed by atoms with Gasteiger partial charge >= 0.3 is 0 Å². The molecular weight excluding hydrogens is 479 g/mol. The van der Waals surface area contributed by atoms with Gasteiger partial charge in [-0.1, -0.05) is 47.8 Å². The molecule has 0 radical (unpaired) electrons. The highest BCUT2D eigenvalue weighted by Crippen LogP contribution is 2.35. The second-order valence-corrected chi connectivity index (χ2v) is 10.0. The lowest BCUT2D eigenvalue weighted by Crippen LogP contribution is -1.96. The Kier molecular flexibility index (Phi) is 9.90. The normalized spacial score (nSPS) is 12.5. The summed E-state index contributed by atoms with van der Waals surface area (Å²) in [5, 5.41) is 2.81. The number of pyridine rings is 2. The molecule has 4 aromatic rings. The average molecular weight is 505 g/mol. The van der Waals surface area contributed by atoms with Crippen LogP contribution in [0.25, 0.3) is 21.3 Å². The number of fused-ring (bicyclic) bond motifs is 1. The second-order valence-electron chi connectivity index (χ2n) is 7.17. The maximum Gasteiger partial charge on any atom is 0.123 e. The first kappa shape index (κ1) is 25.4. The monoisotopic (exact) mass is 504 g/mol. The van der Waals surface area contributed by atoms with Crippen LogP contribution in [0.4, 0.5) is 10.3 Å². The number of benzene rings is 1. The summed E-state index contributed by atoms with van der Waals surface area (Å²) in [6.07, 6.45) is 5.33. The van der Waals surface area contributed by atoms with E-state index in [1.165, 1.54) is 27.8 Å². The summed E-state index contributed by atoms with van der Waals surface area (Å²) in [4.78, 5) is 12.8. The van der Waals surface area contributed by atoms with Crippen molar-refractivity contribution in [1.82, 2.24) is 14.7 Å². The summed E-state index contributed by atoms with van der Waals surface area (Å²) < 4.78 is 14.1. The molecule has 33 heavy (non-hydrogen) atoms. The van der Waals surface area contributed by atoms with E-state index < -0.39 is 0 Å². The number of aromatic nitrogens is 2. The van der Waals surface area contributed by atoms with Crippen molar-refractivity contribution in [2.45, 2.75) is 24.5 Å². The fraction of sp³-hybridized carbons (Fsp3) is 0.250. The molecule has 1 fully saturated rings. The van der Waals surface area contributed by atoms with Crippen LogP contribution < -0.4 is 10.5 Å². The summed E-state index contributed by atoms with van der Waals surface area (Å²) in [7, 11) is 2.93. The average Bonchev–Trinajstić information content (AvgIpc) is 3.54. The lowest BCUT2D eigenvalue weighted by Gasteiger charge is -2.02. The summed E-state index contributed by atoms with van der Waals surface area (Å²) >= 11 is 9.84. The SMILES string of the molecule is CNSC1CC1.COF.Nc1ccc(Cl)c(Cc2cc3cccc(-c4ccccn4)c3s2)n1. The number of anilines is 1. The third-order valence-corrected chi connectivity index (χ3v) is 7.20. The predicted octanol–water partition coefficient (Wildman–Crippen LogP) is 6.72. The van der Waals surface area contributed by atoms with Crippen molar-refractivity contribution in [2.75, 3.05) is 19.9 Å². The first-order chi connectivity index (χ1) is 16.0. The Morgan fingerprint density at radius 3 is 2.64 bits per heavy atom. The lowest BCUT2D eigenvalue weighted by atomic mass is 10.1. The predicted molar refractivity (Wildman–Crippen MR) is 139 cm³/mol. The molecule has 0 spiro atoms. The van der Waals surface area contributed by atoms with Gasteiger partial charge in [-0.3, -0.25) is 9.71 Å². The van der Waals surface area contributed by atoms with E-state index in [0.717, 1.165) is 29.3 Å². The zero-order valence-electron chi connectivity index (χ0n) is 18.4. The smallest absolute Gasteiger partial charge is 0.123 e. The van der Waals surface area contributed by atoms with Crippen molar-refractivity contribution in [1.29, 1.82) is 0 Å². The lowest BCUT2D eigenvalue weighted by molar-refractivity contribution is -0.0960. The highest BCUT2D eigenvalue weighted by Gasteiger charge is 2.20. The molecule has 3 heterocycles. The number of nitrogens with one attached hydrogen (secondary N) is 1. The van der Waals surface area contributed by atoms with E-state index in [1.807, 2.05) is 43.4 Å². The number of nitrogen functional groups attached to an aromatic ring is 1. The molecule has 5 rings (SSSR count). The molecular formula is C24H26ClFN4OS2. The van der Waals surface area contributed by atoms with Crippen LogP contribution in [0.5, 0.6) is 0 Å². The number of nitrogens with two attached hydrogens (primary N) is 1. The Morgan fingerprint density at radius 1 is 1.21 bits per heavy atom. The van der Waals surface area contributed by atoms with Gasteiger partial charge in [0, 0.05) is 33.0 Å². The molecule has 3 N–H and O–H groups in total. The Balaban J connectivity index is 0.000000288. The van der Waals surface area contributed by atoms with E-state index in [0.29, 0.717) is 17.3 Å². The Morgan fingerprint density at radius 2 is 2.00 bits per heavy atom. The number of rotatable bonds is 5. The van der Waals surface area contributed by atoms with Crippen LogP contribution in [-0.2, 0) is 11.4 Å². The van der Waals surface area contributed by atoms with Crippen LogP contribution in [0.15, 0.2) is 60.8 Å². The Bertz CT molecular complexity index is 1160. The molecule has 1 saturated carbocycles. The van der Waals surface area contributed by atoms with E-state index in [9.17, 15) is 4.53 Å². The van der Waals surface area contributed by atoms with Crippen LogP contribution >= 0.6 is 34.9 Å². The topological polar surface area (TPSA) is 73.1 Å². The van der Waals surface area contributed by atoms with Gasteiger partial charge in [-0.05, 0) is 60.1 Å². The summed E-state index contributed by atoms with van der Waals surface area (Å²) in [6.45, 7) is 0. The first-order valence-corrected chi connectivity index (χ1v) is 12.4. The van der Waals surface area contributed by atoms with Crippen molar-refractivity contribution in [3.8, 4) is 11.3 Å². The van der Waals surface area contributed by atoms with Crippen molar-refractivity contribution in [3.63, 3.8) is 0 Å². The molecule has 0 unspecified atom stereocenters. The Labute approximate surface area is 206 Å². The summed E-state index contributed by atoms with van der Waals surface area (Å²) in [5.74, 6) is 0.490. The van der Waals surface area contributed by atoms with Crippen molar-refractivity contribution in [3.05, 3.63) is 76.4 Å². The fourth-order valence-corrected chi connectivity index (χ4v) is 5.13. The van der Waals surface area contributed by atoms with Crippen molar-refractivity contribution in [2.24, 2.45) is 0 Å². The highest BCUT2D eigenvalue weighted by atomic mass is 35.5. The molecule has 5 nitrogen and oxygen atoms in total. The van der Waals surface area contributed by atoms with Gasteiger partial charge in [0.2, 0.25) is 0 Å². The number of nitrogens with zero attached hydrogens (tertiary/aromatic N) is 2. The molecule has 1 aliphatic carbocycles. The molecule has 0 saturated heterocycles. The zero-order valence-corrected chi connectivity index (χ0v) is 20.8. The van der Waals surface area contributed by atoms with Gasteiger partial charge in [-0.2, -0.15) is 4.94 Å². The van der Waals surface area contributed by atoms with Crippen LogP contribution in [0.2, 0.25) is 5.02 Å². The highest BCUT2D eigenvalue weighted by molar-refractivity contribution is 7.98. The zero-order chi connectivity index (χ0) is 23.6. The van der Waals surface area contributed by atoms with Gasteiger partial charge in [0.25, 0.3) is 0 Å². The van der Waals surface area contributed by atoms with Gasteiger partial charge in [-0.15, -0.1) is 11.3 Å².